The molecular weight excluding hydrogens is 553 g/mol. The molecule has 8 heteroatoms. The van der Waals surface area contributed by atoms with Gasteiger partial charge in [-0.2, -0.15) is 0 Å². The lowest BCUT2D eigenvalue weighted by Gasteiger charge is -2.29. The van der Waals surface area contributed by atoms with E-state index in [0.29, 0.717) is 37.5 Å². The number of nitrogens with zero attached hydrogens (tertiary/aromatic N) is 2. The Morgan fingerprint density at radius 3 is 1.10 bits per heavy atom. The van der Waals surface area contributed by atoms with E-state index in [1.807, 2.05) is 0 Å². The van der Waals surface area contributed by atoms with Crippen LogP contribution in [0.2, 0.25) is 0 Å². The molecule has 2 rings (SSSR count). The molecule has 0 aromatic rings. The van der Waals surface area contributed by atoms with Crippen LogP contribution < -0.4 is 0 Å². The summed E-state index contributed by atoms with van der Waals surface area (Å²) in [4.78, 5) is 2.95. The van der Waals surface area contributed by atoms with E-state index >= 15 is 0 Å². The van der Waals surface area contributed by atoms with Crippen LogP contribution in [0, 0.1) is 11.8 Å². The molecule has 2 fully saturated rings. The van der Waals surface area contributed by atoms with Crippen molar-refractivity contribution >= 4 is 24.1 Å². The van der Waals surface area contributed by atoms with Crippen LogP contribution in [0.3, 0.4) is 0 Å². The van der Waals surface area contributed by atoms with E-state index < -0.39 is 34.6 Å². The van der Waals surface area contributed by atoms with Gasteiger partial charge in [-0.1, -0.05) is 129 Å². The van der Waals surface area contributed by atoms with Gasteiger partial charge in [-0.05, 0) is 63.2 Å². The second kappa shape index (κ2) is 20.3. The van der Waals surface area contributed by atoms with E-state index in [9.17, 15) is 22.4 Å². The summed E-state index contributed by atoms with van der Waals surface area (Å²) in [6.45, 7) is 4.47. The quantitative estimate of drug-likeness (QED) is 0.0447. The maximum absolute atomic E-state index is 13.4. The van der Waals surface area contributed by atoms with Crippen molar-refractivity contribution in [3.63, 3.8) is 0 Å². The highest BCUT2D eigenvalue weighted by Gasteiger charge is 2.50. The van der Waals surface area contributed by atoms with Crippen molar-refractivity contribution in [2.45, 2.75) is 191 Å². The Kier molecular flexibility index (Phi) is 18.0. The third kappa shape index (κ3) is 12.8. The maximum Gasteiger partial charge on any atom is 0.495 e. The third-order valence-electron chi connectivity index (χ3n) is 9.97. The summed E-state index contributed by atoms with van der Waals surface area (Å²) in [5, 5.41) is -1.51. The van der Waals surface area contributed by atoms with E-state index in [2.05, 4.69) is 18.6 Å². The van der Waals surface area contributed by atoms with Crippen LogP contribution in [-0.2, 0) is 19.7 Å². The Labute approximate surface area is 253 Å². The van der Waals surface area contributed by atoms with Crippen molar-refractivity contribution in [1.29, 1.82) is 0 Å². The second-order valence-electron chi connectivity index (χ2n) is 13.3. The molecule has 6 nitrogen and oxygen atoms in total. The highest BCUT2D eigenvalue weighted by Crippen LogP contribution is 2.36. The largest absolute Gasteiger partial charge is 0.495 e. The van der Waals surface area contributed by atoms with Gasteiger partial charge in [0.15, 0.2) is 0 Å². The molecule has 0 atom stereocenters. The van der Waals surface area contributed by atoms with Crippen molar-refractivity contribution < 1.29 is 21.6 Å². The fraction of sp³-hybridized carbons (Fsp3) is 0.970. The van der Waals surface area contributed by atoms with Gasteiger partial charge < -0.3 is 5.53 Å². The molecule has 2 saturated carbocycles. The van der Waals surface area contributed by atoms with Crippen LogP contribution in [0.1, 0.15) is 181 Å². The van der Waals surface area contributed by atoms with Crippen LogP contribution >= 0.6 is 0 Å². The van der Waals surface area contributed by atoms with E-state index in [4.69, 9.17) is 0 Å². The molecule has 0 N–H and O–H groups in total. The van der Waals surface area contributed by atoms with E-state index in [0.717, 1.165) is 38.5 Å². The minimum Gasteiger partial charge on any atom is -0.359 e. The smallest absolute Gasteiger partial charge is 0.359 e. The summed E-state index contributed by atoms with van der Waals surface area (Å²) < 4.78 is 52.6. The molecule has 2 aliphatic rings. The number of hydrogen-bond acceptors (Lipinski definition) is 4. The molecule has 0 radical (unpaired) electrons. The molecule has 0 heterocycles. The average Bonchev–Trinajstić information content (AvgIpc) is 2.96. The van der Waals surface area contributed by atoms with Gasteiger partial charge in [0.05, 0.1) is 10.5 Å². The average molecular weight is 615 g/mol. The summed E-state index contributed by atoms with van der Waals surface area (Å²) in [6, 6.07) is 0. The zero-order chi connectivity index (χ0) is 30.0. The summed E-state index contributed by atoms with van der Waals surface area (Å²) in [6.07, 6.45) is 27.9. The Balaban J connectivity index is 1.73. The van der Waals surface area contributed by atoms with E-state index in [1.165, 1.54) is 103 Å². The zero-order valence-electron chi connectivity index (χ0n) is 26.5. The lowest BCUT2D eigenvalue weighted by Crippen LogP contribution is -2.41. The summed E-state index contributed by atoms with van der Waals surface area (Å²) in [5.41, 5.74) is 9.66. The van der Waals surface area contributed by atoms with Gasteiger partial charge in [0.25, 0.3) is 19.7 Å². The highest BCUT2D eigenvalue weighted by atomic mass is 32.3. The van der Waals surface area contributed by atoms with Crippen LogP contribution in [0.25, 0.3) is 5.53 Å². The molecule has 0 aromatic carbocycles. The number of sulfone groups is 2. The molecular formula is C33H62N2O4S2. The summed E-state index contributed by atoms with van der Waals surface area (Å²) in [7, 11) is -8.35. The summed E-state index contributed by atoms with van der Waals surface area (Å²) in [5.74, 6) is 1.04. The zero-order valence-corrected chi connectivity index (χ0v) is 28.2. The molecule has 41 heavy (non-hydrogen) atoms. The van der Waals surface area contributed by atoms with Crippen LogP contribution in [-0.4, -0.2) is 36.5 Å². The monoisotopic (exact) mass is 614 g/mol. The van der Waals surface area contributed by atoms with Gasteiger partial charge in [0.1, 0.15) is 0 Å². The van der Waals surface area contributed by atoms with Gasteiger partial charge in [-0.3, -0.25) is 0 Å². The first-order valence-electron chi connectivity index (χ1n) is 17.5. The highest BCUT2D eigenvalue weighted by molar-refractivity contribution is 8.31. The van der Waals surface area contributed by atoms with Gasteiger partial charge >= 0.3 is 4.38 Å². The Morgan fingerprint density at radius 2 is 0.805 bits per heavy atom. The summed E-state index contributed by atoms with van der Waals surface area (Å²) >= 11 is 0. The van der Waals surface area contributed by atoms with Gasteiger partial charge in [0, 0.05) is 0 Å². The maximum atomic E-state index is 13.4. The van der Waals surface area contributed by atoms with Crippen molar-refractivity contribution in [2.24, 2.45) is 11.8 Å². The minimum absolute atomic E-state index is 0.462. The molecule has 0 aliphatic heterocycles. The Morgan fingerprint density at radius 1 is 0.512 bits per heavy atom. The van der Waals surface area contributed by atoms with Crippen LogP contribution in [0.5, 0.6) is 0 Å². The molecule has 0 unspecified atom stereocenters. The van der Waals surface area contributed by atoms with Crippen LogP contribution in [0.15, 0.2) is 0 Å². The predicted octanol–water partition coefficient (Wildman–Crippen LogP) is 9.58. The van der Waals surface area contributed by atoms with Crippen LogP contribution in [0.4, 0.5) is 0 Å². The molecule has 0 amide bonds. The van der Waals surface area contributed by atoms with Crippen molar-refractivity contribution in [3.05, 3.63) is 5.53 Å². The van der Waals surface area contributed by atoms with Gasteiger partial charge in [-0.15, -0.1) is 4.79 Å². The van der Waals surface area contributed by atoms with Gasteiger partial charge in [-0.25, -0.2) is 16.8 Å². The third-order valence-corrected chi connectivity index (χ3v) is 15.2. The number of rotatable bonds is 20. The fourth-order valence-electron chi connectivity index (χ4n) is 7.16. The molecule has 240 valence electrons. The van der Waals surface area contributed by atoms with Gasteiger partial charge in [0.2, 0.25) is 0 Å². The second-order valence-corrected chi connectivity index (χ2v) is 17.8. The lowest BCUT2D eigenvalue weighted by atomic mass is 9.85. The minimum atomic E-state index is -4.18. The first-order chi connectivity index (χ1) is 19.8. The predicted molar refractivity (Wildman–Crippen MR) is 172 cm³/mol. The molecule has 2 aliphatic carbocycles. The molecule has 0 aromatic heterocycles. The standard InChI is InChI=1S/C33H62N2O4S2/c1-3-5-7-9-11-13-15-17-19-29-21-25-31(26-22-29)40(36,37)33(35-34)41(38,39)32-27-23-30(24-28-32)20-18-16-14-12-10-8-6-4-2/h29-32H,3-28H2,1-2H3. The number of unbranched alkanes of at least 4 members (excludes halogenated alkanes) is 14. The molecule has 0 bridgehead atoms. The first-order valence-corrected chi connectivity index (χ1v) is 20.6. The Bertz CT molecular complexity index is 885. The van der Waals surface area contributed by atoms with E-state index in [-0.39, 0.29) is 0 Å². The van der Waals surface area contributed by atoms with E-state index in [1.54, 1.807) is 0 Å². The van der Waals surface area contributed by atoms with Crippen molar-refractivity contribution in [1.82, 2.24) is 0 Å². The fourth-order valence-corrected chi connectivity index (χ4v) is 11.9. The SMILES string of the molecule is CCCCCCCCCCC1CCC(S(=O)(=O)C(=[N+]=[N-])S(=O)(=O)C2CCC(CCCCCCCCCC)CC2)CC1. The number of hydrogen-bond donors (Lipinski definition) is 0. The van der Waals surface area contributed by atoms with Crippen molar-refractivity contribution in [2.75, 3.05) is 0 Å². The van der Waals surface area contributed by atoms with Crippen molar-refractivity contribution in [3.8, 4) is 0 Å². The molecule has 0 spiro atoms. The Hall–Kier alpha value is -0.720. The first kappa shape index (κ1) is 36.5. The normalized spacial score (nSPS) is 23.8. The topological polar surface area (TPSA) is 105 Å². The lowest BCUT2D eigenvalue weighted by molar-refractivity contribution is 0.00356. The molecule has 0 saturated heterocycles.